The highest BCUT2D eigenvalue weighted by Crippen LogP contribution is 2.13. The third kappa shape index (κ3) is 3.40. The van der Waals surface area contributed by atoms with Crippen LogP contribution in [0.1, 0.15) is 15.9 Å². The lowest BCUT2D eigenvalue weighted by Crippen LogP contribution is -2.34. The lowest BCUT2D eigenvalue weighted by Gasteiger charge is -2.17. The first-order valence-corrected chi connectivity index (χ1v) is 7.45. The molecule has 3 aromatic rings. The SMILES string of the molecule is Cc1ccc(NC(=O)CN(C)C(=O)c2ccc3n[nH]nc3c2)cc1. The summed E-state index contributed by atoms with van der Waals surface area (Å²) in [5.74, 6) is -0.504. The van der Waals surface area contributed by atoms with E-state index >= 15 is 0 Å². The van der Waals surface area contributed by atoms with Crippen LogP contribution in [0.4, 0.5) is 5.69 Å². The number of nitrogens with zero attached hydrogens (tertiary/aromatic N) is 3. The van der Waals surface area contributed by atoms with Crippen LogP contribution in [0, 0.1) is 6.92 Å². The zero-order chi connectivity index (χ0) is 17.1. The van der Waals surface area contributed by atoms with Crippen molar-refractivity contribution in [2.75, 3.05) is 18.9 Å². The van der Waals surface area contributed by atoms with Crippen LogP contribution < -0.4 is 5.32 Å². The highest BCUT2D eigenvalue weighted by Gasteiger charge is 2.16. The maximum absolute atomic E-state index is 12.4. The number of likely N-dealkylation sites (N-methyl/N-ethyl adjacent to an activating group) is 1. The van der Waals surface area contributed by atoms with Gasteiger partial charge in [0, 0.05) is 18.3 Å². The Morgan fingerprint density at radius 3 is 2.54 bits per heavy atom. The molecule has 2 aromatic carbocycles. The molecule has 24 heavy (non-hydrogen) atoms. The highest BCUT2D eigenvalue weighted by molar-refractivity contribution is 6.00. The molecule has 122 valence electrons. The van der Waals surface area contributed by atoms with Crippen LogP contribution in [-0.4, -0.2) is 45.7 Å². The van der Waals surface area contributed by atoms with E-state index in [0.717, 1.165) is 5.56 Å². The topological polar surface area (TPSA) is 91.0 Å². The summed E-state index contributed by atoms with van der Waals surface area (Å²) < 4.78 is 0. The fraction of sp³-hybridized carbons (Fsp3) is 0.176. The number of aromatic nitrogens is 3. The number of nitrogens with one attached hydrogen (secondary N) is 2. The molecule has 1 aromatic heterocycles. The van der Waals surface area contributed by atoms with Crippen LogP contribution in [0.15, 0.2) is 42.5 Å². The molecule has 7 heteroatoms. The molecule has 2 N–H and O–H groups in total. The molecule has 1 heterocycles. The molecule has 0 spiro atoms. The molecule has 0 unspecified atom stereocenters. The number of carbonyl (C=O) groups excluding carboxylic acids is 2. The van der Waals surface area contributed by atoms with Gasteiger partial charge in [0.15, 0.2) is 0 Å². The average Bonchev–Trinajstić information content (AvgIpc) is 3.03. The van der Waals surface area contributed by atoms with Gasteiger partial charge in [-0.15, -0.1) is 0 Å². The molecular formula is C17H17N5O2. The summed E-state index contributed by atoms with van der Waals surface area (Å²) in [6.45, 7) is 1.94. The first-order valence-electron chi connectivity index (χ1n) is 7.45. The van der Waals surface area contributed by atoms with Crippen molar-refractivity contribution in [3.05, 3.63) is 53.6 Å². The summed E-state index contributed by atoms with van der Waals surface area (Å²) in [5, 5.41) is 13.2. The monoisotopic (exact) mass is 323 g/mol. The van der Waals surface area contributed by atoms with Crippen LogP contribution in [0.25, 0.3) is 11.0 Å². The quantitative estimate of drug-likeness (QED) is 0.768. The van der Waals surface area contributed by atoms with E-state index in [4.69, 9.17) is 0 Å². The number of carbonyl (C=O) groups is 2. The van der Waals surface area contributed by atoms with Crippen molar-refractivity contribution in [1.82, 2.24) is 20.3 Å². The number of aromatic amines is 1. The van der Waals surface area contributed by atoms with Gasteiger partial charge in [-0.05, 0) is 37.3 Å². The Bertz CT molecular complexity index is 885. The number of aryl methyl sites for hydroxylation is 1. The largest absolute Gasteiger partial charge is 0.332 e. The minimum absolute atomic E-state index is 0.0381. The summed E-state index contributed by atoms with van der Waals surface area (Å²) in [6, 6.07) is 12.5. The zero-order valence-electron chi connectivity index (χ0n) is 13.4. The number of hydrogen-bond donors (Lipinski definition) is 2. The number of rotatable bonds is 4. The van der Waals surface area contributed by atoms with Gasteiger partial charge in [0.2, 0.25) is 5.91 Å². The third-order valence-corrected chi connectivity index (χ3v) is 3.63. The van der Waals surface area contributed by atoms with Crippen LogP contribution >= 0.6 is 0 Å². The van der Waals surface area contributed by atoms with Gasteiger partial charge < -0.3 is 10.2 Å². The van der Waals surface area contributed by atoms with Gasteiger partial charge in [0.25, 0.3) is 5.91 Å². The van der Waals surface area contributed by atoms with E-state index < -0.39 is 0 Å². The molecule has 0 aliphatic carbocycles. The summed E-state index contributed by atoms with van der Waals surface area (Å²) in [4.78, 5) is 25.9. The van der Waals surface area contributed by atoms with E-state index in [1.165, 1.54) is 4.90 Å². The van der Waals surface area contributed by atoms with Crippen molar-refractivity contribution in [2.24, 2.45) is 0 Å². The van der Waals surface area contributed by atoms with E-state index in [9.17, 15) is 9.59 Å². The average molecular weight is 323 g/mol. The van der Waals surface area contributed by atoms with Crippen molar-refractivity contribution < 1.29 is 9.59 Å². The Morgan fingerprint density at radius 1 is 1.08 bits per heavy atom. The number of amides is 2. The Morgan fingerprint density at radius 2 is 1.79 bits per heavy atom. The number of hydrogen-bond acceptors (Lipinski definition) is 4. The Labute approximate surface area is 138 Å². The lowest BCUT2D eigenvalue weighted by molar-refractivity contribution is -0.116. The second kappa shape index (κ2) is 6.49. The number of H-pyrrole nitrogens is 1. The van der Waals surface area contributed by atoms with E-state index in [-0.39, 0.29) is 18.4 Å². The maximum atomic E-state index is 12.4. The molecule has 0 fully saturated rings. The molecule has 0 saturated carbocycles. The van der Waals surface area contributed by atoms with Crippen molar-refractivity contribution in [1.29, 1.82) is 0 Å². The van der Waals surface area contributed by atoms with Gasteiger partial charge in [-0.25, -0.2) is 0 Å². The molecule has 0 saturated heterocycles. The van der Waals surface area contributed by atoms with E-state index in [2.05, 4.69) is 20.7 Å². The van der Waals surface area contributed by atoms with Crippen molar-refractivity contribution in [3.8, 4) is 0 Å². The van der Waals surface area contributed by atoms with Gasteiger partial charge >= 0.3 is 0 Å². The fourth-order valence-electron chi connectivity index (χ4n) is 2.32. The Kier molecular flexibility index (Phi) is 4.24. The normalized spacial score (nSPS) is 10.6. The second-order valence-electron chi connectivity index (χ2n) is 5.60. The van der Waals surface area contributed by atoms with Crippen molar-refractivity contribution >= 4 is 28.5 Å². The second-order valence-corrected chi connectivity index (χ2v) is 5.60. The van der Waals surface area contributed by atoms with Crippen molar-refractivity contribution in [2.45, 2.75) is 6.92 Å². The zero-order valence-corrected chi connectivity index (χ0v) is 13.4. The maximum Gasteiger partial charge on any atom is 0.254 e. The molecule has 0 aliphatic rings. The number of anilines is 1. The predicted molar refractivity (Wildman–Crippen MR) is 90.7 cm³/mol. The van der Waals surface area contributed by atoms with Crippen molar-refractivity contribution in [3.63, 3.8) is 0 Å². The fourth-order valence-corrected chi connectivity index (χ4v) is 2.32. The molecule has 0 atom stereocenters. The van der Waals surface area contributed by atoms with Crippen LogP contribution in [0.3, 0.4) is 0 Å². The first-order chi connectivity index (χ1) is 11.5. The number of benzene rings is 2. The van der Waals surface area contributed by atoms with Gasteiger partial charge in [-0.3, -0.25) is 9.59 Å². The summed E-state index contributed by atoms with van der Waals surface area (Å²) in [5.41, 5.74) is 3.57. The smallest absolute Gasteiger partial charge is 0.254 e. The van der Waals surface area contributed by atoms with Gasteiger partial charge in [-0.1, -0.05) is 17.7 Å². The van der Waals surface area contributed by atoms with Gasteiger partial charge in [-0.2, -0.15) is 15.4 Å². The summed E-state index contributed by atoms with van der Waals surface area (Å²) >= 11 is 0. The lowest BCUT2D eigenvalue weighted by atomic mass is 10.2. The Hall–Kier alpha value is -3.22. The summed E-state index contributed by atoms with van der Waals surface area (Å²) in [6.07, 6.45) is 0. The molecule has 2 amide bonds. The van der Waals surface area contributed by atoms with Crippen LogP contribution in [0.5, 0.6) is 0 Å². The minimum atomic E-state index is -0.253. The van der Waals surface area contributed by atoms with E-state index in [1.54, 1.807) is 25.2 Å². The molecule has 7 nitrogen and oxygen atoms in total. The Balaban J connectivity index is 1.64. The molecule has 0 radical (unpaired) electrons. The number of fused-ring (bicyclic) bond motifs is 1. The van der Waals surface area contributed by atoms with Gasteiger partial charge in [0.1, 0.15) is 11.0 Å². The molecule has 0 bridgehead atoms. The highest BCUT2D eigenvalue weighted by atomic mass is 16.2. The molecular weight excluding hydrogens is 306 g/mol. The van der Waals surface area contributed by atoms with E-state index in [1.807, 2.05) is 31.2 Å². The van der Waals surface area contributed by atoms with Crippen LogP contribution in [0.2, 0.25) is 0 Å². The van der Waals surface area contributed by atoms with Gasteiger partial charge in [0.05, 0.1) is 6.54 Å². The third-order valence-electron chi connectivity index (χ3n) is 3.63. The summed E-state index contributed by atoms with van der Waals surface area (Å²) in [7, 11) is 1.59. The molecule has 0 aliphatic heterocycles. The van der Waals surface area contributed by atoms with E-state index in [0.29, 0.717) is 22.3 Å². The standard InChI is InChI=1S/C17H17N5O2/c1-11-3-6-13(7-4-11)18-16(23)10-22(2)17(24)12-5-8-14-15(9-12)20-21-19-14/h3-9H,10H2,1-2H3,(H,18,23)(H,19,20,21). The van der Waals surface area contributed by atoms with Crippen LogP contribution in [-0.2, 0) is 4.79 Å². The predicted octanol–water partition coefficient (Wildman–Crippen LogP) is 1.98. The first kappa shape index (κ1) is 15.7. The molecule has 3 rings (SSSR count). The minimum Gasteiger partial charge on any atom is -0.332 e.